The van der Waals surface area contributed by atoms with Gasteiger partial charge in [0.1, 0.15) is 12.4 Å². The predicted molar refractivity (Wildman–Crippen MR) is 75.5 cm³/mol. The lowest BCUT2D eigenvalue weighted by Gasteiger charge is -2.17. The fraction of sp³-hybridized carbons (Fsp3) is 0.462. The number of hydrogen-bond acceptors (Lipinski definition) is 3. The number of carbonyl (C=O) groups is 1. The molecule has 0 radical (unpaired) electrons. The Morgan fingerprint density at radius 2 is 1.94 bits per heavy atom. The highest BCUT2D eigenvalue weighted by Gasteiger charge is 2.06. The molecule has 0 aliphatic heterocycles. The third-order valence-electron chi connectivity index (χ3n) is 2.47. The number of benzene rings is 1. The summed E-state index contributed by atoms with van der Waals surface area (Å²) in [6.45, 7) is 3.50. The van der Waals surface area contributed by atoms with Crippen LogP contribution in [0.3, 0.4) is 0 Å². The van der Waals surface area contributed by atoms with Crippen LogP contribution in [0.4, 0.5) is 0 Å². The molecule has 0 atom stereocenters. The maximum Gasteiger partial charge on any atom is 0.236 e. The van der Waals surface area contributed by atoms with Crippen LogP contribution in [0, 0.1) is 6.92 Å². The zero-order valence-electron chi connectivity index (χ0n) is 11.1. The van der Waals surface area contributed by atoms with Crippen molar-refractivity contribution in [3.05, 3.63) is 29.8 Å². The van der Waals surface area contributed by atoms with E-state index in [4.69, 9.17) is 4.74 Å². The first-order valence-corrected chi connectivity index (χ1v) is 5.71. The van der Waals surface area contributed by atoms with E-state index < -0.39 is 0 Å². The molecule has 18 heavy (non-hydrogen) atoms. The Balaban J connectivity index is 0.00000289. The van der Waals surface area contributed by atoms with Gasteiger partial charge >= 0.3 is 0 Å². The highest BCUT2D eigenvalue weighted by Crippen LogP contribution is 2.10. The Hall–Kier alpha value is -1.26. The van der Waals surface area contributed by atoms with Gasteiger partial charge in [-0.2, -0.15) is 0 Å². The third kappa shape index (κ3) is 5.89. The van der Waals surface area contributed by atoms with Crippen molar-refractivity contribution in [2.24, 2.45) is 0 Å². The third-order valence-corrected chi connectivity index (χ3v) is 2.47. The van der Waals surface area contributed by atoms with Crippen molar-refractivity contribution >= 4 is 18.3 Å². The van der Waals surface area contributed by atoms with Gasteiger partial charge in [0.15, 0.2) is 0 Å². The van der Waals surface area contributed by atoms with Crippen molar-refractivity contribution in [1.82, 2.24) is 10.2 Å². The van der Waals surface area contributed by atoms with Gasteiger partial charge in [0, 0.05) is 7.05 Å². The van der Waals surface area contributed by atoms with E-state index in [2.05, 4.69) is 5.32 Å². The second kappa shape index (κ2) is 8.78. The van der Waals surface area contributed by atoms with Gasteiger partial charge in [-0.3, -0.25) is 4.79 Å². The number of nitrogens with zero attached hydrogens (tertiary/aromatic N) is 1. The molecular formula is C13H21ClN2O2. The Morgan fingerprint density at radius 3 is 2.50 bits per heavy atom. The van der Waals surface area contributed by atoms with Crippen LogP contribution in [-0.2, 0) is 4.79 Å². The van der Waals surface area contributed by atoms with Crippen LogP contribution in [0.25, 0.3) is 0 Å². The number of carbonyl (C=O) groups excluding carboxylic acids is 1. The van der Waals surface area contributed by atoms with E-state index in [1.807, 2.05) is 31.2 Å². The molecule has 5 heteroatoms. The number of halogens is 1. The standard InChI is InChI=1S/C13H20N2O2.ClH/c1-11-4-6-12(7-5-11)17-9-8-15(3)13(16)10-14-2;/h4-7,14H,8-10H2,1-3H3;1H. The first-order valence-electron chi connectivity index (χ1n) is 5.71. The van der Waals surface area contributed by atoms with Crippen molar-refractivity contribution < 1.29 is 9.53 Å². The van der Waals surface area contributed by atoms with Crippen molar-refractivity contribution in [3.8, 4) is 5.75 Å². The topological polar surface area (TPSA) is 41.6 Å². The molecular weight excluding hydrogens is 252 g/mol. The molecule has 1 rings (SSSR count). The highest BCUT2D eigenvalue weighted by molar-refractivity contribution is 5.85. The SMILES string of the molecule is CNCC(=O)N(C)CCOc1ccc(C)cc1.Cl. The number of aryl methyl sites for hydroxylation is 1. The largest absolute Gasteiger partial charge is 0.492 e. The summed E-state index contributed by atoms with van der Waals surface area (Å²) in [4.78, 5) is 13.1. The van der Waals surface area contributed by atoms with Gasteiger partial charge < -0.3 is 15.0 Å². The molecule has 0 aliphatic carbocycles. The molecule has 0 spiro atoms. The summed E-state index contributed by atoms with van der Waals surface area (Å²) < 4.78 is 5.55. The Morgan fingerprint density at radius 1 is 1.33 bits per heavy atom. The zero-order valence-corrected chi connectivity index (χ0v) is 11.9. The Labute approximate surface area is 115 Å². The average Bonchev–Trinajstić information content (AvgIpc) is 2.32. The molecule has 0 saturated carbocycles. The van der Waals surface area contributed by atoms with Gasteiger partial charge in [0.25, 0.3) is 0 Å². The van der Waals surface area contributed by atoms with Crippen LogP contribution in [0.5, 0.6) is 5.75 Å². The Kier molecular flexibility index (Phi) is 8.16. The van der Waals surface area contributed by atoms with Crippen molar-refractivity contribution in [3.63, 3.8) is 0 Å². The van der Waals surface area contributed by atoms with E-state index in [1.165, 1.54) is 5.56 Å². The van der Waals surface area contributed by atoms with Crippen LogP contribution in [0.1, 0.15) is 5.56 Å². The highest BCUT2D eigenvalue weighted by atomic mass is 35.5. The molecule has 1 amide bonds. The van der Waals surface area contributed by atoms with E-state index >= 15 is 0 Å². The molecule has 0 aromatic heterocycles. The molecule has 0 unspecified atom stereocenters. The molecule has 0 heterocycles. The predicted octanol–water partition coefficient (Wildman–Crippen LogP) is 1.47. The van der Waals surface area contributed by atoms with Crippen LogP contribution >= 0.6 is 12.4 Å². The van der Waals surface area contributed by atoms with Crippen LogP contribution < -0.4 is 10.1 Å². The second-order valence-corrected chi connectivity index (χ2v) is 4.01. The maximum atomic E-state index is 11.4. The zero-order chi connectivity index (χ0) is 12.7. The second-order valence-electron chi connectivity index (χ2n) is 4.01. The van der Waals surface area contributed by atoms with Crippen molar-refractivity contribution in [1.29, 1.82) is 0 Å². The van der Waals surface area contributed by atoms with E-state index in [0.29, 0.717) is 19.7 Å². The van der Waals surface area contributed by atoms with E-state index in [-0.39, 0.29) is 18.3 Å². The van der Waals surface area contributed by atoms with Crippen LogP contribution in [0.15, 0.2) is 24.3 Å². The number of likely N-dealkylation sites (N-methyl/N-ethyl adjacent to an activating group) is 2. The van der Waals surface area contributed by atoms with Gasteiger partial charge in [-0.1, -0.05) is 17.7 Å². The van der Waals surface area contributed by atoms with Crippen molar-refractivity contribution in [2.45, 2.75) is 6.92 Å². The summed E-state index contributed by atoms with van der Waals surface area (Å²) in [6.07, 6.45) is 0. The first kappa shape index (κ1) is 16.7. The van der Waals surface area contributed by atoms with Crippen LogP contribution in [-0.4, -0.2) is 44.6 Å². The molecule has 0 aliphatic rings. The summed E-state index contributed by atoms with van der Waals surface area (Å²) in [5.74, 6) is 0.907. The smallest absolute Gasteiger partial charge is 0.236 e. The molecule has 0 saturated heterocycles. The lowest BCUT2D eigenvalue weighted by atomic mass is 10.2. The summed E-state index contributed by atoms with van der Waals surface area (Å²) >= 11 is 0. The van der Waals surface area contributed by atoms with Gasteiger partial charge in [0.2, 0.25) is 5.91 Å². The monoisotopic (exact) mass is 272 g/mol. The van der Waals surface area contributed by atoms with Gasteiger partial charge in [0.05, 0.1) is 13.1 Å². The number of ether oxygens (including phenoxy) is 1. The van der Waals surface area contributed by atoms with Gasteiger partial charge in [-0.05, 0) is 26.1 Å². The average molecular weight is 273 g/mol. The van der Waals surface area contributed by atoms with E-state index in [9.17, 15) is 4.79 Å². The molecule has 4 nitrogen and oxygen atoms in total. The number of amides is 1. The number of hydrogen-bond donors (Lipinski definition) is 1. The minimum atomic E-state index is 0. The minimum Gasteiger partial charge on any atom is -0.492 e. The van der Waals surface area contributed by atoms with E-state index in [1.54, 1.807) is 19.0 Å². The maximum absolute atomic E-state index is 11.4. The fourth-order valence-corrected chi connectivity index (χ4v) is 1.35. The summed E-state index contributed by atoms with van der Waals surface area (Å²) in [6, 6.07) is 7.88. The van der Waals surface area contributed by atoms with Gasteiger partial charge in [-0.15, -0.1) is 12.4 Å². The molecule has 1 aromatic rings. The molecule has 1 aromatic carbocycles. The first-order chi connectivity index (χ1) is 8.13. The lowest BCUT2D eigenvalue weighted by molar-refractivity contribution is -0.129. The molecule has 0 bridgehead atoms. The normalized spacial score (nSPS) is 9.50. The van der Waals surface area contributed by atoms with Crippen molar-refractivity contribution in [2.75, 3.05) is 33.8 Å². The van der Waals surface area contributed by atoms with Crippen LogP contribution in [0.2, 0.25) is 0 Å². The van der Waals surface area contributed by atoms with Gasteiger partial charge in [-0.25, -0.2) is 0 Å². The lowest BCUT2D eigenvalue weighted by Crippen LogP contribution is -2.36. The summed E-state index contributed by atoms with van der Waals surface area (Å²) in [7, 11) is 3.53. The number of rotatable bonds is 6. The van der Waals surface area contributed by atoms with E-state index in [0.717, 1.165) is 5.75 Å². The summed E-state index contributed by atoms with van der Waals surface area (Å²) in [5.41, 5.74) is 1.21. The minimum absolute atomic E-state index is 0. The number of nitrogens with one attached hydrogen (secondary N) is 1. The summed E-state index contributed by atoms with van der Waals surface area (Å²) in [5, 5.41) is 2.83. The molecule has 102 valence electrons. The molecule has 0 fully saturated rings. The Bertz CT molecular complexity index is 355. The molecule has 1 N–H and O–H groups in total. The fourth-order valence-electron chi connectivity index (χ4n) is 1.35. The quantitative estimate of drug-likeness (QED) is 0.853.